The van der Waals surface area contributed by atoms with E-state index in [-0.39, 0.29) is 28.9 Å². The molecule has 0 unspecified atom stereocenters. The van der Waals surface area contributed by atoms with Crippen molar-refractivity contribution in [3.05, 3.63) is 38.3 Å². The summed E-state index contributed by atoms with van der Waals surface area (Å²) < 4.78 is 10.2. The summed E-state index contributed by atoms with van der Waals surface area (Å²) in [5, 5.41) is 10.8. The lowest BCUT2D eigenvalue weighted by Crippen LogP contribution is -2.43. The number of nitro groups is 1. The molecule has 0 radical (unpaired) electrons. The van der Waals surface area contributed by atoms with Crippen molar-refractivity contribution in [3.8, 4) is 0 Å². The van der Waals surface area contributed by atoms with Crippen molar-refractivity contribution in [3.63, 3.8) is 0 Å². The zero-order valence-corrected chi connectivity index (χ0v) is 14.0. The maximum absolute atomic E-state index is 12.3. The van der Waals surface area contributed by atoms with Gasteiger partial charge in [-0.25, -0.2) is 0 Å². The number of rotatable bonds is 6. The molecule has 0 aliphatic heterocycles. The van der Waals surface area contributed by atoms with Crippen LogP contribution in [0.5, 0.6) is 0 Å². The lowest BCUT2D eigenvalue weighted by Gasteiger charge is -2.26. The van der Waals surface area contributed by atoms with Gasteiger partial charge < -0.3 is 9.47 Å². The number of nitrogens with zero attached hydrogens (tertiary/aromatic N) is 1. The summed E-state index contributed by atoms with van der Waals surface area (Å²) in [6.07, 6.45) is 0. The first-order chi connectivity index (χ1) is 10.3. The molecule has 0 amide bonds. The van der Waals surface area contributed by atoms with E-state index in [0.717, 1.165) is 0 Å². The lowest BCUT2D eigenvalue weighted by atomic mass is 9.82. The zero-order valence-electron chi connectivity index (χ0n) is 12.4. The van der Waals surface area contributed by atoms with Crippen molar-refractivity contribution in [2.75, 3.05) is 13.2 Å². The number of carbonyl (C=O) groups excluding carboxylic acids is 2. The van der Waals surface area contributed by atoms with E-state index in [2.05, 4.69) is 15.9 Å². The van der Waals surface area contributed by atoms with Crippen molar-refractivity contribution in [1.29, 1.82) is 0 Å². The largest absolute Gasteiger partial charge is 0.465 e. The lowest BCUT2D eigenvalue weighted by molar-refractivity contribution is -0.385. The number of halogens is 1. The van der Waals surface area contributed by atoms with Crippen molar-refractivity contribution in [2.45, 2.75) is 26.2 Å². The van der Waals surface area contributed by atoms with Gasteiger partial charge in [0.15, 0.2) is 5.41 Å². The second-order valence-corrected chi connectivity index (χ2v) is 5.34. The highest BCUT2D eigenvalue weighted by Gasteiger charge is 2.47. The summed E-state index contributed by atoms with van der Waals surface area (Å²) in [4.78, 5) is 34.8. The fraction of sp³-hybridized carbons (Fsp3) is 0.429. The van der Waals surface area contributed by atoms with Gasteiger partial charge in [0, 0.05) is 16.6 Å². The van der Waals surface area contributed by atoms with E-state index in [0.29, 0.717) is 0 Å². The van der Waals surface area contributed by atoms with Crippen LogP contribution in [0.15, 0.2) is 22.7 Å². The minimum Gasteiger partial charge on any atom is -0.465 e. The number of hydrogen-bond donors (Lipinski definition) is 0. The van der Waals surface area contributed by atoms with Crippen LogP contribution in [0.3, 0.4) is 0 Å². The second kappa shape index (κ2) is 7.35. The number of nitro benzene ring substituents is 1. The quantitative estimate of drug-likeness (QED) is 0.329. The molecular weight excluding hydrogens is 358 g/mol. The molecule has 0 saturated heterocycles. The molecule has 0 aliphatic rings. The summed E-state index contributed by atoms with van der Waals surface area (Å²) in [6, 6.07) is 3.79. The fourth-order valence-electron chi connectivity index (χ4n) is 1.88. The van der Waals surface area contributed by atoms with Gasteiger partial charge in [0.25, 0.3) is 5.69 Å². The van der Waals surface area contributed by atoms with Crippen molar-refractivity contribution < 1.29 is 24.0 Å². The van der Waals surface area contributed by atoms with Gasteiger partial charge in [0.1, 0.15) is 0 Å². The molecule has 1 aromatic rings. The number of hydrogen-bond acceptors (Lipinski definition) is 6. The molecule has 0 saturated carbocycles. The molecule has 0 heterocycles. The maximum atomic E-state index is 12.3. The van der Waals surface area contributed by atoms with E-state index in [4.69, 9.17) is 9.47 Å². The zero-order chi connectivity index (χ0) is 16.9. The first-order valence-electron chi connectivity index (χ1n) is 6.57. The van der Waals surface area contributed by atoms with Crippen LogP contribution >= 0.6 is 15.9 Å². The molecule has 0 aromatic heterocycles. The number of carbonyl (C=O) groups is 2. The molecule has 0 N–H and O–H groups in total. The van der Waals surface area contributed by atoms with E-state index in [1.165, 1.54) is 25.1 Å². The Labute approximate surface area is 135 Å². The van der Waals surface area contributed by atoms with Crippen molar-refractivity contribution >= 4 is 33.6 Å². The molecule has 7 nitrogen and oxygen atoms in total. The Morgan fingerprint density at radius 2 is 1.73 bits per heavy atom. The van der Waals surface area contributed by atoms with Crippen LogP contribution in [0.25, 0.3) is 0 Å². The predicted molar refractivity (Wildman–Crippen MR) is 81.4 cm³/mol. The monoisotopic (exact) mass is 373 g/mol. The van der Waals surface area contributed by atoms with Crippen LogP contribution < -0.4 is 0 Å². The van der Waals surface area contributed by atoms with E-state index < -0.39 is 22.3 Å². The normalized spacial score (nSPS) is 10.9. The third-order valence-electron chi connectivity index (χ3n) is 3.07. The van der Waals surface area contributed by atoms with Crippen LogP contribution in [0, 0.1) is 10.1 Å². The minimum atomic E-state index is -1.71. The second-order valence-electron chi connectivity index (χ2n) is 4.49. The van der Waals surface area contributed by atoms with Gasteiger partial charge in [0.05, 0.1) is 18.1 Å². The third kappa shape index (κ3) is 3.44. The smallest absolute Gasteiger partial charge is 0.327 e. The van der Waals surface area contributed by atoms with Gasteiger partial charge in [-0.05, 0) is 32.4 Å². The predicted octanol–water partition coefficient (Wildman–Crippen LogP) is 2.74. The van der Waals surface area contributed by atoms with Crippen molar-refractivity contribution in [2.24, 2.45) is 0 Å². The van der Waals surface area contributed by atoms with Crippen LogP contribution in [-0.4, -0.2) is 30.1 Å². The van der Waals surface area contributed by atoms with Gasteiger partial charge in [-0.15, -0.1) is 0 Å². The van der Waals surface area contributed by atoms with Gasteiger partial charge in [0.2, 0.25) is 0 Å². The Bertz CT molecular complexity index is 583. The average Bonchev–Trinajstić information content (AvgIpc) is 2.46. The number of ether oxygens (including phenoxy) is 2. The van der Waals surface area contributed by atoms with Crippen LogP contribution in [0.4, 0.5) is 5.69 Å². The van der Waals surface area contributed by atoms with Gasteiger partial charge >= 0.3 is 11.9 Å². The third-order valence-corrected chi connectivity index (χ3v) is 3.73. The molecule has 0 fully saturated rings. The molecule has 8 heteroatoms. The Hall–Kier alpha value is -1.96. The molecule has 22 heavy (non-hydrogen) atoms. The van der Waals surface area contributed by atoms with E-state index in [1.54, 1.807) is 13.8 Å². The summed E-state index contributed by atoms with van der Waals surface area (Å²) in [7, 11) is 0. The molecule has 0 aliphatic carbocycles. The number of non-ortho nitro benzene ring substituents is 1. The van der Waals surface area contributed by atoms with Crippen LogP contribution in [0.2, 0.25) is 0 Å². The van der Waals surface area contributed by atoms with Gasteiger partial charge in [-0.1, -0.05) is 15.9 Å². The Balaban J connectivity index is 3.42. The molecule has 120 valence electrons. The minimum absolute atomic E-state index is 0.0957. The molecular formula is C14H16BrNO6. The summed E-state index contributed by atoms with van der Waals surface area (Å²) in [6.45, 7) is 4.80. The first-order valence-corrected chi connectivity index (χ1v) is 7.37. The Morgan fingerprint density at radius 3 is 2.09 bits per heavy atom. The topological polar surface area (TPSA) is 95.7 Å². The molecule has 1 aromatic carbocycles. The molecule has 0 spiro atoms. The summed E-state index contributed by atoms with van der Waals surface area (Å²) in [5.41, 5.74) is -1.62. The molecule has 1 rings (SSSR count). The fourth-order valence-corrected chi connectivity index (χ4v) is 2.64. The maximum Gasteiger partial charge on any atom is 0.327 e. The average molecular weight is 374 g/mol. The molecule has 0 bridgehead atoms. The highest BCUT2D eigenvalue weighted by atomic mass is 79.9. The highest BCUT2D eigenvalue weighted by molar-refractivity contribution is 9.10. The number of esters is 2. The van der Waals surface area contributed by atoms with Gasteiger partial charge in [-0.2, -0.15) is 0 Å². The first kappa shape index (κ1) is 18.1. The summed E-state index contributed by atoms with van der Waals surface area (Å²) in [5.74, 6) is -1.55. The van der Waals surface area contributed by atoms with E-state index in [9.17, 15) is 19.7 Å². The van der Waals surface area contributed by atoms with E-state index >= 15 is 0 Å². The summed E-state index contributed by atoms with van der Waals surface area (Å²) >= 11 is 3.17. The van der Waals surface area contributed by atoms with Crippen molar-refractivity contribution in [1.82, 2.24) is 0 Å². The van der Waals surface area contributed by atoms with Gasteiger partial charge in [-0.3, -0.25) is 19.7 Å². The standard InChI is InChI=1S/C14H16BrNO6/c1-4-21-12(17)14(3,13(18)22-5-2)10-7-6-9(16(19)20)8-11(10)15/h6-8H,4-5H2,1-3H3. The Kier molecular flexibility index (Phi) is 6.04. The van der Waals surface area contributed by atoms with E-state index in [1.807, 2.05) is 0 Å². The van der Waals surface area contributed by atoms with Crippen LogP contribution in [-0.2, 0) is 24.5 Å². The Morgan fingerprint density at radius 1 is 1.23 bits per heavy atom. The highest BCUT2D eigenvalue weighted by Crippen LogP contribution is 2.35. The molecule has 0 atom stereocenters. The SMILES string of the molecule is CCOC(=O)C(C)(C(=O)OCC)c1ccc([N+](=O)[O-])cc1Br. The van der Waals surface area contributed by atoms with Crippen LogP contribution in [0.1, 0.15) is 26.3 Å². The number of benzene rings is 1.